The Morgan fingerprint density at radius 1 is 1.30 bits per heavy atom. The van der Waals surface area contributed by atoms with Crippen LogP contribution in [0.1, 0.15) is 35.7 Å². The summed E-state index contributed by atoms with van der Waals surface area (Å²) in [5, 5.41) is 2.31. The predicted molar refractivity (Wildman–Crippen MR) is 71.5 cm³/mol. The summed E-state index contributed by atoms with van der Waals surface area (Å²) >= 11 is 0. The fourth-order valence-electron chi connectivity index (χ4n) is 2.84. The fraction of sp³-hybridized carbons (Fsp3) is 0.357. The minimum Gasteiger partial charge on any atom is -0.398 e. The summed E-state index contributed by atoms with van der Waals surface area (Å²) in [6.07, 6.45) is 0.565. The van der Waals surface area contributed by atoms with Crippen LogP contribution in [0.2, 0.25) is 0 Å². The maximum absolute atomic E-state index is 12.5. The number of hydrogen-bond donors (Lipinski definition) is 2. The van der Waals surface area contributed by atoms with Crippen molar-refractivity contribution in [2.24, 2.45) is 0 Å². The van der Waals surface area contributed by atoms with Gasteiger partial charge in [0, 0.05) is 18.7 Å². The molecule has 0 radical (unpaired) electrons. The molecule has 0 saturated carbocycles. The summed E-state index contributed by atoms with van der Waals surface area (Å²) in [6, 6.07) is 5.30. The van der Waals surface area contributed by atoms with Crippen molar-refractivity contribution < 1.29 is 14.4 Å². The molecule has 0 aromatic heterocycles. The van der Waals surface area contributed by atoms with Gasteiger partial charge in [-0.3, -0.25) is 19.7 Å². The minimum absolute atomic E-state index is 0.234. The van der Waals surface area contributed by atoms with Crippen LogP contribution in [0.5, 0.6) is 0 Å². The van der Waals surface area contributed by atoms with Gasteiger partial charge in [0.25, 0.3) is 11.8 Å². The number of carbonyl (C=O) groups is 3. The Kier molecular flexibility index (Phi) is 2.57. The number of nitrogens with two attached hydrogens (primary N) is 1. The van der Waals surface area contributed by atoms with E-state index in [0.29, 0.717) is 24.2 Å². The van der Waals surface area contributed by atoms with Crippen LogP contribution in [0.4, 0.5) is 5.69 Å². The molecular weight excluding hydrogens is 258 g/mol. The Hall–Kier alpha value is -2.37. The molecule has 3 rings (SSSR count). The summed E-state index contributed by atoms with van der Waals surface area (Å²) in [4.78, 5) is 37.5. The predicted octanol–water partition coefficient (Wildman–Crippen LogP) is 0.420. The van der Waals surface area contributed by atoms with Gasteiger partial charge in [-0.15, -0.1) is 0 Å². The monoisotopic (exact) mass is 273 g/mol. The average Bonchev–Trinajstić information content (AvgIpc) is 2.74. The van der Waals surface area contributed by atoms with Crippen molar-refractivity contribution in [3.05, 3.63) is 29.3 Å². The molecule has 1 aromatic carbocycles. The van der Waals surface area contributed by atoms with Gasteiger partial charge >= 0.3 is 0 Å². The Labute approximate surface area is 115 Å². The lowest BCUT2D eigenvalue weighted by atomic mass is 9.89. The molecule has 1 unspecified atom stereocenters. The van der Waals surface area contributed by atoms with E-state index in [0.717, 1.165) is 5.56 Å². The zero-order valence-corrected chi connectivity index (χ0v) is 11.1. The highest BCUT2D eigenvalue weighted by Gasteiger charge is 2.48. The smallest absolute Gasteiger partial charge is 0.257 e. The van der Waals surface area contributed by atoms with E-state index < -0.39 is 11.4 Å². The Balaban J connectivity index is 1.98. The van der Waals surface area contributed by atoms with Gasteiger partial charge in [-0.1, -0.05) is 12.1 Å². The molecule has 2 aliphatic heterocycles. The van der Waals surface area contributed by atoms with Crippen LogP contribution in [-0.4, -0.2) is 28.2 Å². The van der Waals surface area contributed by atoms with Crippen molar-refractivity contribution in [1.29, 1.82) is 0 Å². The molecule has 2 aliphatic rings. The maximum Gasteiger partial charge on any atom is 0.257 e. The van der Waals surface area contributed by atoms with Crippen molar-refractivity contribution in [2.75, 3.05) is 5.73 Å². The zero-order valence-electron chi connectivity index (χ0n) is 11.1. The molecular formula is C14H15N3O3. The third-order valence-corrected chi connectivity index (χ3v) is 4.15. The lowest BCUT2D eigenvalue weighted by Gasteiger charge is -2.39. The molecule has 0 spiro atoms. The number of fused-ring (bicyclic) bond motifs is 1. The molecule has 20 heavy (non-hydrogen) atoms. The molecule has 104 valence electrons. The summed E-state index contributed by atoms with van der Waals surface area (Å²) in [5.74, 6) is -0.963. The van der Waals surface area contributed by atoms with Gasteiger partial charge in [0.2, 0.25) is 5.91 Å². The third-order valence-electron chi connectivity index (χ3n) is 4.15. The van der Waals surface area contributed by atoms with Gasteiger partial charge in [-0.25, -0.2) is 0 Å². The van der Waals surface area contributed by atoms with E-state index in [2.05, 4.69) is 5.32 Å². The largest absolute Gasteiger partial charge is 0.398 e. The molecule has 6 nitrogen and oxygen atoms in total. The summed E-state index contributed by atoms with van der Waals surface area (Å²) in [7, 11) is 0. The second kappa shape index (κ2) is 4.06. The molecule has 3 amide bonds. The van der Waals surface area contributed by atoms with Crippen molar-refractivity contribution >= 4 is 23.4 Å². The third kappa shape index (κ3) is 1.61. The standard InChI is InChI=1S/C14H15N3O3/c1-14(6-5-10(18)16-13(14)20)17-7-8-3-2-4-9(15)11(8)12(17)19/h2-4H,5-7,15H2,1H3,(H,16,18,20). The molecule has 1 saturated heterocycles. The van der Waals surface area contributed by atoms with Gasteiger partial charge in [0.1, 0.15) is 5.54 Å². The van der Waals surface area contributed by atoms with Gasteiger partial charge in [0.15, 0.2) is 0 Å². The van der Waals surface area contributed by atoms with Crippen LogP contribution >= 0.6 is 0 Å². The average molecular weight is 273 g/mol. The number of imide groups is 1. The molecule has 1 aromatic rings. The van der Waals surface area contributed by atoms with E-state index in [1.807, 2.05) is 6.07 Å². The van der Waals surface area contributed by atoms with Crippen LogP contribution in [0.25, 0.3) is 0 Å². The van der Waals surface area contributed by atoms with E-state index in [4.69, 9.17) is 5.73 Å². The minimum atomic E-state index is -1.00. The Bertz CT molecular complexity index is 641. The van der Waals surface area contributed by atoms with Crippen LogP contribution in [0, 0.1) is 0 Å². The number of hydrogen-bond acceptors (Lipinski definition) is 4. The molecule has 3 N–H and O–H groups in total. The molecule has 1 fully saturated rings. The Morgan fingerprint density at radius 2 is 2.05 bits per heavy atom. The lowest BCUT2D eigenvalue weighted by Crippen LogP contribution is -2.61. The van der Waals surface area contributed by atoms with Crippen LogP contribution in [0.3, 0.4) is 0 Å². The van der Waals surface area contributed by atoms with E-state index >= 15 is 0 Å². The second-order valence-corrected chi connectivity index (χ2v) is 5.42. The first-order valence-corrected chi connectivity index (χ1v) is 6.47. The number of nitrogens with zero attached hydrogens (tertiary/aromatic N) is 1. The highest BCUT2D eigenvalue weighted by atomic mass is 16.2. The van der Waals surface area contributed by atoms with Crippen LogP contribution in [-0.2, 0) is 16.1 Å². The van der Waals surface area contributed by atoms with E-state index in [9.17, 15) is 14.4 Å². The number of benzene rings is 1. The second-order valence-electron chi connectivity index (χ2n) is 5.42. The molecule has 2 heterocycles. The topological polar surface area (TPSA) is 92.5 Å². The van der Waals surface area contributed by atoms with Gasteiger partial charge in [-0.2, -0.15) is 0 Å². The lowest BCUT2D eigenvalue weighted by molar-refractivity contribution is -0.142. The van der Waals surface area contributed by atoms with Crippen molar-refractivity contribution in [3.8, 4) is 0 Å². The fourth-order valence-corrected chi connectivity index (χ4v) is 2.84. The van der Waals surface area contributed by atoms with Gasteiger partial charge in [-0.05, 0) is 25.0 Å². The number of amides is 3. The number of carbonyl (C=O) groups excluding carboxylic acids is 3. The van der Waals surface area contributed by atoms with E-state index in [-0.39, 0.29) is 18.2 Å². The molecule has 0 bridgehead atoms. The molecule has 0 aliphatic carbocycles. The summed E-state index contributed by atoms with van der Waals surface area (Å²) in [5.41, 5.74) is 6.56. The van der Waals surface area contributed by atoms with Crippen molar-refractivity contribution in [1.82, 2.24) is 10.2 Å². The molecule has 6 heteroatoms. The van der Waals surface area contributed by atoms with Crippen molar-refractivity contribution in [2.45, 2.75) is 31.8 Å². The Morgan fingerprint density at radius 3 is 2.70 bits per heavy atom. The first-order chi connectivity index (χ1) is 9.43. The van der Waals surface area contributed by atoms with Crippen LogP contribution in [0.15, 0.2) is 18.2 Å². The van der Waals surface area contributed by atoms with E-state index in [1.54, 1.807) is 19.1 Å². The normalized spacial score (nSPS) is 25.6. The zero-order chi connectivity index (χ0) is 14.5. The summed E-state index contributed by atoms with van der Waals surface area (Å²) < 4.78 is 0. The first kappa shape index (κ1) is 12.7. The highest BCUT2D eigenvalue weighted by Crippen LogP contribution is 2.35. The van der Waals surface area contributed by atoms with Crippen LogP contribution < -0.4 is 11.1 Å². The first-order valence-electron chi connectivity index (χ1n) is 6.47. The van der Waals surface area contributed by atoms with Crippen molar-refractivity contribution in [3.63, 3.8) is 0 Å². The quantitative estimate of drug-likeness (QED) is 0.573. The highest BCUT2D eigenvalue weighted by molar-refractivity contribution is 6.09. The number of piperidine rings is 1. The molecule has 1 atom stereocenters. The maximum atomic E-state index is 12.5. The number of nitrogens with one attached hydrogen (secondary N) is 1. The number of rotatable bonds is 1. The number of nitrogen functional groups attached to an aromatic ring is 1. The summed E-state index contributed by atoms with van der Waals surface area (Å²) in [6.45, 7) is 2.03. The SMILES string of the molecule is CC1(N2Cc3cccc(N)c3C2=O)CCC(=O)NC1=O. The van der Waals surface area contributed by atoms with E-state index in [1.165, 1.54) is 4.90 Å². The van der Waals surface area contributed by atoms with Gasteiger partial charge < -0.3 is 10.6 Å². The number of anilines is 1. The van der Waals surface area contributed by atoms with Gasteiger partial charge in [0.05, 0.1) is 5.56 Å².